The maximum Gasteiger partial charge on any atom is 0.231 e. The second-order valence-corrected chi connectivity index (χ2v) is 10.1. The predicted molar refractivity (Wildman–Crippen MR) is 137 cm³/mol. The average Bonchev–Trinajstić information content (AvgIpc) is 3.54. The van der Waals surface area contributed by atoms with E-state index >= 15 is 0 Å². The van der Waals surface area contributed by atoms with E-state index in [0.717, 1.165) is 5.69 Å². The molecule has 0 spiro atoms. The van der Waals surface area contributed by atoms with Gasteiger partial charge in [0.1, 0.15) is 5.82 Å². The fourth-order valence-electron chi connectivity index (χ4n) is 4.78. The number of benzene rings is 2. The number of hydrogen-bond donors (Lipinski definition) is 1. The number of thioether (sulfide) groups is 1. The predicted octanol–water partition coefficient (Wildman–Crippen LogP) is 4.70. The van der Waals surface area contributed by atoms with Gasteiger partial charge in [-0.1, -0.05) is 55.3 Å². The van der Waals surface area contributed by atoms with Gasteiger partial charge >= 0.3 is 0 Å². The van der Waals surface area contributed by atoms with E-state index < -0.39 is 0 Å². The van der Waals surface area contributed by atoms with E-state index in [2.05, 4.69) is 27.6 Å². The Morgan fingerprint density at radius 2 is 1.81 bits per heavy atom. The third-order valence-corrected chi connectivity index (χ3v) is 7.61. The Hall–Kier alpha value is -3.33. The summed E-state index contributed by atoms with van der Waals surface area (Å²) in [6.45, 7) is 2.11. The fourth-order valence-corrected chi connectivity index (χ4v) is 5.65. The van der Waals surface area contributed by atoms with Gasteiger partial charge in [-0.3, -0.25) is 14.2 Å². The van der Waals surface area contributed by atoms with Gasteiger partial charge in [-0.25, -0.2) is 0 Å². The highest BCUT2D eigenvalue weighted by atomic mass is 32.2. The number of nitrogens with zero attached hydrogens (tertiary/aromatic N) is 3. The largest absolute Gasteiger partial charge is 0.454 e. The SMILES string of the molecule is CC(=O)NCCc1nnc(SCC(=O)c2ccc(C3CCCCC3)cc2)n1-c1ccc2c(c1)OCO2. The van der Waals surface area contributed by atoms with Crippen LogP contribution < -0.4 is 14.8 Å². The first kappa shape index (κ1) is 24.4. The number of hydrogen-bond acceptors (Lipinski definition) is 7. The maximum atomic E-state index is 13.0. The Morgan fingerprint density at radius 3 is 2.58 bits per heavy atom. The number of nitrogens with one attached hydrogen (secondary N) is 1. The highest BCUT2D eigenvalue weighted by Crippen LogP contribution is 2.35. The van der Waals surface area contributed by atoms with Crippen LogP contribution in [0.5, 0.6) is 11.5 Å². The summed E-state index contributed by atoms with van der Waals surface area (Å²) in [5, 5.41) is 12.1. The second kappa shape index (κ2) is 11.2. The third kappa shape index (κ3) is 5.56. The van der Waals surface area contributed by atoms with Crippen molar-refractivity contribution in [2.75, 3.05) is 19.1 Å². The van der Waals surface area contributed by atoms with Crippen LogP contribution >= 0.6 is 11.8 Å². The highest BCUT2D eigenvalue weighted by molar-refractivity contribution is 7.99. The number of amides is 1. The Morgan fingerprint density at radius 1 is 1.03 bits per heavy atom. The zero-order valence-electron chi connectivity index (χ0n) is 20.4. The van der Waals surface area contributed by atoms with E-state index in [1.165, 1.54) is 56.4 Å². The molecule has 1 aromatic heterocycles. The average molecular weight is 507 g/mol. The van der Waals surface area contributed by atoms with Crippen LogP contribution in [-0.2, 0) is 11.2 Å². The molecule has 0 unspecified atom stereocenters. The van der Waals surface area contributed by atoms with Crippen LogP contribution in [0.1, 0.15) is 66.7 Å². The van der Waals surface area contributed by atoms with Crippen molar-refractivity contribution >= 4 is 23.5 Å². The van der Waals surface area contributed by atoms with E-state index in [1.807, 2.05) is 34.9 Å². The van der Waals surface area contributed by atoms with Crippen LogP contribution in [0.2, 0.25) is 0 Å². The molecular weight excluding hydrogens is 476 g/mol. The summed E-state index contributed by atoms with van der Waals surface area (Å²) in [5.41, 5.74) is 2.86. The van der Waals surface area contributed by atoms with Crippen LogP contribution in [0, 0.1) is 0 Å². The van der Waals surface area contributed by atoms with Crippen molar-refractivity contribution in [3.63, 3.8) is 0 Å². The Kier molecular flexibility index (Phi) is 7.55. The molecule has 188 valence electrons. The molecule has 2 heterocycles. The van der Waals surface area contributed by atoms with Gasteiger partial charge in [0.2, 0.25) is 12.7 Å². The minimum absolute atomic E-state index is 0.0511. The number of Topliss-reactive ketones (excluding diaryl/α,β-unsaturated/α-hetero) is 1. The molecule has 3 aromatic rings. The van der Waals surface area contributed by atoms with Gasteiger partial charge in [0.05, 0.1) is 11.4 Å². The lowest BCUT2D eigenvalue weighted by Gasteiger charge is -2.22. The Bertz CT molecular complexity index is 1240. The molecule has 1 aliphatic heterocycles. The fraction of sp³-hybridized carbons (Fsp3) is 0.407. The smallest absolute Gasteiger partial charge is 0.231 e. The van der Waals surface area contributed by atoms with E-state index in [-0.39, 0.29) is 24.2 Å². The number of ether oxygens (including phenoxy) is 2. The number of aromatic nitrogens is 3. The normalized spacial score (nSPS) is 15.1. The van der Waals surface area contributed by atoms with Crippen molar-refractivity contribution in [2.45, 2.75) is 56.5 Å². The van der Waals surface area contributed by atoms with E-state index in [4.69, 9.17) is 9.47 Å². The molecule has 36 heavy (non-hydrogen) atoms. The number of ketones is 1. The summed E-state index contributed by atoms with van der Waals surface area (Å²) in [6.07, 6.45) is 6.89. The highest BCUT2D eigenvalue weighted by Gasteiger charge is 2.21. The molecule has 2 aromatic carbocycles. The van der Waals surface area contributed by atoms with E-state index in [1.54, 1.807) is 0 Å². The summed E-state index contributed by atoms with van der Waals surface area (Å²) < 4.78 is 12.9. The lowest BCUT2D eigenvalue weighted by Crippen LogP contribution is -2.23. The number of rotatable bonds is 9. The summed E-state index contributed by atoms with van der Waals surface area (Å²) in [6, 6.07) is 13.8. The molecule has 5 rings (SSSR count). The van der Waals surface area contributed by atoms with Gasteiger partial charge in [0.25, 0.3) is 0 Å². The standard InChI is InChI=1S/C27H30N4O4S/c1-18(32)28-14-13-26-29-30-27(31(26)22-11-12-24-25(15-22)35-17-34-24)36-16-23(33)21-9-7-20(8-10-21)19-5-3-2-4-6-19/h7-12,15,19H,2-6,13-14,16-17H2,1H3,(H,28,32). The van der Waals surface area contributed by atoms with Gasteiger partial charge in [-0.05, 0) is 36.5 Å². The first-order chi connectivity index (χ1) is 17.6. The van der Waals surface area contributed by atoms with Crippen molar-refractivity contribution in [3.05, 3.63) is 59.4 Å². The molecule has 1 N–H and O–H groups in total. The zero-order valence-corrected chi connectivity index (χ0v) is 21.2. The minimum atomic E-state index is -0.0983. The molecular formula is C27H30N4O4S. The van der Waals surface area contributed by atoms with Crippen LogP contribution in [-0.4, -0.2) is 45.5 Å². The van der Waals surface area contributed by atoms with Crippen LogP contribution in [0.4, 0.5) is 0 Å². The third-order valence-electron chi connectivity index (χ3n) is 6.68. The molecule has 9 heteroatoms. The summed E-state index contributed by atoms with van der Waals surface area (Å²) in [4.78, 5) is 24.3. The summed E-state index contributed by atoms with van der Waals surface area (Å²) >= 11 is 1.35. The van der Waals surface area contributed by atoms with Crippen molar-refractivity contribution in [2.24, 2.45) is 0 Å². The molecule has 0 saturated heterocycles. The van der Waals surface area contributed by atoms with Gasteiger partial charge < -0.3 is 14.8 Å². The number of carbonyl (C=O) groups excluding carboxylic acids is 2. The molecule has 1 saturated carbocycles. The van der Waals surface area contributed by atoms with Gasteiger partial charge in [-0.2, -0.15) is 0 Å². The van der Waals surface area contributed by atoms with Crippen LogP contribution in [0.15, 0.2) is 47.6 Å². The molecule has 0 radical (unpaired) electrons. The molecule has 0 atom stereocenters. The quantitative estimate of drug-likeness (QED) is 0.332. The maximum absolute atomic E-state index is 13.0. The summed E-state index contributed by atoms with van der Waals surface area (Å²) in [7, 11) is 0. The van der Waals surface area contributed by atoms with Gasteiger partial charge in [0.15, 0.2) is 22.4 Å². The molecule has 1 aliphatic carbocycles. The second-order valence-electron chi connectivity index (χ2n) is 9.17. The minimum Gasteiger partial charge on any atom is -0.454 e. The van der Waals surface area contributed by atoms with Crippen molar-refractivity contribution in [1.29, 1.82) is 0 Å². The van der Waals surface area contributed by atoms with E-state index in [0.29, 0.717) is 46.9 Å². The van der Waals surface area contributed by atoms with Crippen LogP contribution in [0.25, 0.3) is 5.69 Å². The summed E-state index contributed by atoms with van der Waals surface area (Å²) in [5.74, 6) is 2.85. The first-order valence-electron chi connectivity index (χ1n) is 12.4. The molecule has 0 bridgehead atoms. The first-order valence-corrected chi connectivity index (χ1v) is 13.4. The topological polar surface area (TPSA) is 95.3 Å². The molecule has 8 nitrogen and oxygen atoms in total. The monoisotopic (exact) mass is 506 g/mol. The molecule has 2 aliphatic rings. The van der Waals surface area contributed by atoms with Crippen molar-refractivity contribution in [3.8, 4) is 17.2 Å². The Balaban J connectivity index is 1.31. The van der Waals surface area contributed by atoms with Crippen molar-refractivity contribution < 1.29 is 19.1 Å². The zero-order chi connectivity index (χ0) is 24.9. The molecule has 1 amide bonds. The number of carbonyl (C=O) groups is 2. The van der Waals surface area contributed by atoms with Gasteiger partial charge in [0, 0.05) is 31.5 Å². The van der Waals surface area contributed by atoms with Crippen molar-refractivity contribution in [1.82, 2.24) is 20.1 Å². The Labute approximate surface area is 214 Å². The van der Waals surface area contributed by atoms with Crippen LogP contribution in [0.3, 0.4) is 0 Å². The lowest BCUT2D eigenvalue weighted by atomic mass is 9.84. The number of fused-ring (bicyclic) bond motifs is 1. The molecule has 1 fully saturated rings. The van der Waals surface area contributed by atoms with Gasteiger partial charge in [-0.15, -0.1) is 10.2 Å². The van der Waals surface area contributed by atoms with E-state index in [9.17, 15) is 9.59 Å². The lowest BCUT2D eigenvalue weighted by molar-refractivity contribution is -0.118.